The van der Waals surface area contributed by atoms with E-state index >= 15 is 0 Å². The molecule has 1 fully saturated rings. The van der Waals surface area contributed by atoms with E-state index in [0.717, 1.165) is 11.1 Å². The number of para-hydroxylation sites is 1. The molecule has 2 amide bonds. The standard InChI is InChI=1S/C24H28N2O6/c1-3-30-24(29)26-13-11-25(12-14-26)22(27)17-32-23(28)20-9-4-5-10-21(20)31-16-19-8-6-7-18(2)15-19/h4-10,15H,3,11-14,16-17H2,1-2H3. The molecular weight excluding hydrogens is 412 g/mol. The molecule has 0 bridgehead atoms. The molecule has 1 aliphatic heterocycles. The molecule has 8 nitrogen and oxygen atoms in total. The van der Waals surface area contributed by atoms with Crippen molar-refractivity contribution in [1.29, 1.82) is 0 Å². The van der Waals surface area contributed by atoms with E-state index in [9.17, 15) is 14.4 Å². The van der Waals surface area contributed by atoms with Crippen molar-refractivity contribution >= 4 is 18.0 Å². The Morgan fingerprint density at radius 2 is 1.62 bits per heavy atom. The third kappa shape index (κ3) is 6.23. The molecule has 170 valence electrons. The number of carbonyl (C=O) groups is 3. The summed E-state index contributed by atoms with van der Waals surface area (Å²) in [6, 6.07) is 14.7. The van der Waals surface area contributed by atoms with Crippen molar-refractivity contribution in [3.05, 3.63) is 65.2 Å². The summed E-state index contributed by atoms with van der Waals surface area (Å²) in [7, 11) is 0. The highest BCUT2D eigenvalue weighted by atomic mass is 16.6. The van der Waals surface area contributed by atoms with Crippen molar-refractivity contribution in [2.45, 2.75) is 20.5 Å². The number of esters is 1. The second kappa shape index (κ2) is 11.2. The van der Waals surface area contributed by atoms with Gasteiger partial charge in [-0.2, -0.15) is 0 Å². The van der Waals surface area contributed by atoms with Crippen molar-refractivity contribution in [3.63, 3.8) is 0 Å². The molecule has 0 unspecified atom stereocenters. The van der Waals surface area contributed by atoms with E-state index in [2.05, 4.69) is 0 Å². The Bertz CT molecular complexity index is 953. The lowest BCUT2D eigenvalue weighted by molar-refractivity contribution is -0.136. The van der Waals surface area contributed by atoms with E-state index in [-0.39, 0.29) is 24.2 Å². The summed E-state index contributed by atoms with van der Waals surface area (Å²) in [5.74, 6) is -0.530. The molecule has 1 heterocycles. The number of rotatable bonds is 7. The van der Waals surface area contributed by atoms with E-state index in [1.807, 2.05) is 31.2 Å². The molecule has 0 aromatic heterocycles. The van der Waals surface area contributed by atoms with Crippen LogP contribution in [-0.2, 0) is 20.9 Å². The summed E-state index contributed by atoms with van der Waals surface area (Å²) < 4.78 is 16.1. The average molecular weight is 440 g/mol. The van der Waals surface area contributed by atoms with Crippen molar-refractivity contribution in [3.8, 4) is 5.75 Å². The summed E-state index contributed by atoms with van der Waals surface area (Å²) in [6.07, 6.45) is -0.381. The van der Waals surface area contributed by atoms with Gasteiger partial charge in [0.2, 0.25) is 0 Å². The Morgan fingerprint density at radius 3 is 2.34 bits per heavy atom. The summed E-state index contributed by atoms with van der Waals surface area (Å²) >= 11 is 0. The number of nitrogens with zero attached hydrogens (tertiary/aromatic N) is 2. The number of piperazine rings is 1. The van der Waals surface area contributed by atoms with Crippen LogP contribution in [0.25, 0.3) is 0 Å². The highest BCUT2D eigenvalue weighted by molar-refractivity contribution is 5.94. The first-order valence-corrected chi connectivity index (χ1v) is 10.6. The Hall–Kier alpha value is -3.55. The number of carbonyl (C=O) groups excluding carboxylic acids is 3. The second-order valence-electron chi connectivity index (χ2n) is 7.42. The van der Waals surface area contributed by atoms with Gasteiger partial charge in [0.05, 0.1) is 6.61 Å². The molecule has 0 spiro atoms. The van der Waals surface area contributed by atoms with Crippen molar-refractivity contribution in [2.24, 2.45) is 0 Å². The van der Waals surface area contributed by atoms with Crippen molar-refractivity contribution in [2.75, 3.05) is 39.4 Å². The third-order valence-electron chi connectivity index (χ3n) is 5.07. The molecule has 0 saturated carbocycles. The highest BCUT2D eigenvalue weighted by Gasteiger charge is 2.25. The van der Waals surface area contributed by atoms with Gasteiger partial charge in [-0.1, -0.05) is 42.0 Å². The maximum absolute atomic E-state index is 12.6. The summed E-state index contributed by atoms with van der Waals surface area (Å²) in [4.78, 5) is 39.9. The van der Waals surface area contributed by atoms with Gasteiger partial charge in [-0.3, -0.25) is 4.79 Å². The Balaban J connectivity index is 1.51. The molecule has 32 heavy (non-hydrogen) atoms. The van der Waals surface area contributed by atoms with Crippen LogP contribution < -0.4 is 4.74 Å². The molecule has 8 heteroatoms. The molecule has 2 aromatic rings. The molecule has 0 N–H and O–H groups in total. The van der Waals surface area contributed by atoms with Crippen LogP contribution in [0.15, 0.2) is 48.5 Å². The first-order valence-electron chi connectivity index (χ1n) is 10.6. The van der Waals surface area contributed by atoms with E-state index < -0.39 is 5.97 Å². The van der Waals surface area contributed by atoms with Crippen LogP contribution in [0.5, 0.6) is 5.75 Å². The fourth-order valence-electron chi connectivity index (χ4n) is 3.37. The minimum atomic E-state index is -0.622. The lowest BCUT2D eigenvalue weighted by Crippen LogP contribution is -2.51. The van der Waals surface area contributed by atoms with Crippen LogP contribution in [0.1, 0.15) is 28.4 Å². The fraction of sp³-hybridized carbons (Fsp3) is 0.375. The van der Waals surface area contributed by atoms with Gasteiger partial charge in [-0.05, 0) is 31.5 Å². The fourth-order valence-corrected chi connectivity index (χ4v) is 3.37. The second-order valence-corrected chi connectivity index (χ2v) is 7.42. The van der Waals surface area contributed by atoms with Gasteiger partial charge < -0.3 is 24.0 Å². The molecule has 1 saturated heterocycles. The molecular formula is C24H28N2O6. The zero-order chi connectivity index (χ0) is 22.9. The largest absolute Gasteiger partial charge is 0.488 e. The van der Waals surface area contributed by atoms with Crippen LogP contribution in [-0.4, -0.2) is 67.2 Å². The van der Waals surface area contributed by atoms with Gasteiger partial charge in [-0.25, -0.2) is 9.59 Å². The van der Waals surface area contributed by atoms with Crippen LogP contribution in [0.3, 0.4) is 0 Å². The molecule has 0 aliphatic carbocycles. The van der Waals surface area contributed by atoms with E-state index in [4.69, 9.17) is 14.2 Å². The predicted molar refractivity (Wildman–Crippen MR) is 117 cm³/mol. The van der Waals surface area contributed by atoms with E-state index in [1.165, 1.54) is 0 Å². The Morgan fingerprint density at radius 1 is 0.906 bits per heavy atom. The Kier molecular flexibility index (Phi) is 8.08. The lowest BCUT2D eigenvalue weighted by Gasteiger charge is -2.33. The average Bonchev–Trinajstić information content (AvgIpc) is 2.81. The van der Waals surface area contributed by atoms with Gasteiger partial charge in [-0.15, -0.1) is 0 Å². The van der Waals surface area contributed by atoms with E-state index in [0.29, 0.717) is 45.1 Å². The zero-order valence-corrected chi connectivity index (χ0v) is 18.4. The monoisotopic (exact) mass is 440 g/mol. The molecule has 1 aliphatic rings. The maximum Gasteiger partial charge on any atom is 0.409 e. The minimum Gasteiger partial charge on any atom is -0.488 e. The normalized spacial score (nSPS) is 13.4. The quantitative estimate of drug-likeness (QED) is 0.616. The number of ether oxygens (including phenoxy) is 3. The minimum absolute atomic E-state index is 0.264. The van der Waals surface area contributed by atoms with Gasteiger partial charge in [0.1, 0.15) is 17.9 Å². The van der Waals surface area contributed by atoms with Gasteiger partial charge in [0.25, 0.3) is 5.91 Å². The van der Waals surface area contributed by atoms with Gasteiger partial charge in [0.15, 0.2) is 6.61 Å². The van der Waals surface area contributed by atoms with Crippen LogP contribution in [0, 0.1) is 6.92 Å². The number of hydrogen-bond acceptors (Lipinski definition) is 6. The van der Waals surface area contributed by atoms with Crippen LogP contribution >= 0.6 is 0 Å². The van der Waals surface area contributed by atoms with Gasteiger partial charge in [0, 0.05) is 26.2 Å². The maximum atomic E-state index is 12.6. The first-order chi connectivity index (χ1) is 15.5. The predicted octanol–water partition coefficient (Wildman–Crippen LogP) is 3.03. The zero-order valence-electron chi connectivity index (χ0n) is 18.4. The Labute approximate surface area is 187 Å². The van der Waals surface area contributed by atoms with E-state index in [1.54, 1.807) is 41.0 Å². The summed E-state index contributed by atoms with van der Waals surface area (Å²) in [6.45, 7) is 5.50. The first kappa shape index (κ1) is 23.1. The number of aryl methyl sites for hydroxylation is 1. The smallest absolute Gasteiger partial charge is 0.409 e. The molecule has 3 rings (SSSR count). The number of benzene rings is 2. The topological polar surface area (TPSA) is 85.4 Å². The van der Waals surface area contributed by atoms with Crippen molar-refractivity contribution in [1.82, 2.24) is 9.80 Å². The molecule has 0 radical (unpaired) electrons. The van der Waals surface area contributed by atoms with Crippen molar-refractivity contribution < 1.29 is 28.6 Å². The molecule has 2 aromatic carbocycles. The van der Waals surface area contributed by atoms with Gasteiger partial charge >= 0.3 is 12.1 Å². The number of amides is 2. The highest BCUT2D eigenvalue weighted by Crippen LogP contribution is 2.21. The number of hydrogen-bond donors (Lipinski definition) is 0. The SMILES string of the molecule is CCOC(=O)N1CCN(C(=O)COC(=O)c2ccccc2OCc2cccc(C)c2)CC1. The molecule has 0 atom stereocenters. The van der Waals surface area contributed by atoms with Crippen LogP contribution in [0.4, 0.5) is 4.79 Å². The summed E-state index contributed by atoms with van der Waals surface area (Å²) in [5, 5.41) is 0. The third-order valence-corrected chi connectivity index (χ3v) is 5.07. The van der Waals surface area contributed by atoms with Crippen LogP contribution in [0.2, 0.25) is 0 Å². The lowest BCUT2D eigenvalue weighted by atomic mass is 10.1. The summed E-state index contributed by atoms with van der Waals surface area (Å²) in [5.41, 5.74) is 2.38.